The number of aliphatic hydroxyl groups excluding tert-OH is 1. The van der Waals surface area contributed by atoms with Crippen molar-refractivity contribution in [2.45, 2.75) is 0 Å². The second-order valence-electron chi connectivity index (χ2n) is 4.30. The first-order valence-electron chi connectivity index (χ1n) is 4.96. The summed E-state index contributed by atoms with van der Waals surface area (Å²) >= 11 is 0. The molecule has 0 spiro atoms. The zero-order valence-corrected chi connectivity index (χ0v) is 10.00. The van der Waals surface area contributed by atoms with Gasteiger partial charge >= 0.3 is 6.09 Å². The third-order valence-corrected chi connectivity index (χ3v) is 1.73. The van der Waals surface area contributed by atoms with Crippen LogP contribution in [-0.4, -0.2) is 72.7 Å². The van der Waals surface area contributed by atoms with Gasteiger partial charge in [0.05, 0.1) is 34.3 Å². The van der Waals surface area contributed by atoms with Gasteiger partial charge in [-0.25, -0.2) is 4.79 Å². The smallest absolute Gasteiger partial charge is 0.411 e. The van der Waals surface area contributed by atoms with Gasteiger partial charge in [-0.1, -0.05) is 0 Å². The van der Waals surface area contributed by atoms with E-state index in [4.69, 9.17) is 10.2 Å². The molecule has 0 aromatic heterocycles. The number of aliphatic hydroxyl groups is 1. The lowest BCUT2D eigenvalue weighted by atomic mass is 10.5. The summed E-state index contributed by atoms with van der Waals surface area (Å²) in [4.78, 5) is 15.0. The Labute approximate surface area is 95.7 Å². The molecule has 16 heavy (non-hydrogen) atoms. The van der Waals surface area contributed by atoms with Crippen LogP contribution in [0.2, 0.25) is 0 Å². The van der Waals surface area contributed by atoms with Crippen LogP contribution in [0.5, 0.6) is 0 Å². The molecule has 0 aliphatic carbocycles. The lowest BCUT2D eigenvalue weighted by Crippen LogP contribution is -2.36. The summed E-state index contributed by atoms with van der Waals surface area (Å²) in [7, 11) is 6.16. The van der Waals surface area contributed by atoms with Gasteiger partial charge in [-0.3, -0.25) is 9.89 Å². The van der Waals surface area contributed by atoms with Gasteiger partial charge in [0, 0.05) is 18.6 Å². The Morgan fingerprint density at radius 3 is 2.31 bits per heavy atom. The predicted molar refractivity (Wildman–Crippen MR) is 62.3 cm³/mol. The second kappa shape index (κ2) is 6.97. The van der Waals surface area contributed by atoms with Crippen molar-refractivity contribution < 1.29 is 19.5 Å². The van der Waals surface area contributed by atoms with E-state index in [9.17, 15) is 4.79 Å². The molecule has 0 atom stereocenters. The summed E-state index contributed by atoms with van der Waals surface area (Å²) in [6, 6.07) is 0. The molecule has 1 rings (SSSR count). The standard InChI is InChI=1S/C5H6N2O2.C5H14NO/c8-5(9)7-3-1-6-2-4-7;1-6(2,3)4-5-7/h1-3H,4H2,(H,8,9);7H,4-5H2,1-3H3/q;+1. The molecule has 6 nitrogen and oxygen atoms in total. The number of hydrogen-bond acceptors (Lipinski definition) is 3. The Kier molecular flexibility index (Phi) is 6.36. The number of quaternary nitrogens is 1. The molecule has 6 heteroatoms. The van der Waals surface area contributed by atoms with Crippen LogP contribution in [0.4, 0.5) is 4.79 Å². The third-order valence-electron chi connectivity index (χ3n) is 1.73. The SMILES string of the molecule is C[N+](C)(C)CCO.O=C(O)N1C=CN=CC1. The van der Waals surface area contributed by atoms with E-state index in [0.717, 1.165) is 15.9 Å². The molecule has 0 radical (unpaired) electrons. The van der Waals surface area contributed by atoms with E-state index in [0.29, 0.717) is 6.54 Å². The van der Waals surface area contributed by atoms with Gasteiger partial charge in [0.1, 0.15) is 6.54 Å². The van der Waals surface area contributed by atoms with E-state index in [-0.39, 0.29) is 6.61 Å². The van der Waals surface area contributed by atoms with Gasteiger partial charge in [0.2, 0.25) is 0 Å². The van der Waals surface area contributed by atoms with Crippen molar-refractivity contribution in [2.24, 2.45) is 4.99 Å². The van der Waals surface area contributed by atoms with Crippen molar-refractivity contribution in [1.29, 1.82) is 0 Å². The minimum atomic E-state index is -0.947. The van der Waals surface area contributed by atoms with Crippen LogP contribution in [-0.2, 0) is 0 Å². The number of rotatable bonds is 2. The van der Waals surface area contributed by atoms with Crippen molar-refractivity contribution in [3.8, 4) is 0 Å². The Bertz CT molecular complexity index is 269. The molecule has 0 aromatic carbocycles. The molecule has 0 aromatic rings. The molecule has 92 valence electrons. The van der Waals surface area contributed by atoms with Crippen molar-refractivity contribution in [1.82, 2.24) is 4.90 Å². The van der Waals surface area contributed by atoms with Gasteiger partial charge < -0.3 is 14.7 Å². The number of amides is 1. The molecule has 1 aliphatic heterocycles. The molecule has 2 N–H and O–H groups in total. The molecule has 1 heterocycles. The lowest BCUT2D eigenvalue weighted by Gasteiger charge is -2.21. The van der Waals surface area contributed by atoms with Crippen molar-refractivity contribution in [2.75, 3.05) is 40.8 Å². The number of aliphatic imine (C=N–C) groups is 1. The highest BCUT2D eigenvalue weighted by Crippen LogP contribution is 1.93. The molecule has 0 bridgehead atoms. The molecule has 1 amide bonds. The van der Waals surface area contributed by atoms with Crippen LogP contribution < -0.4 is 0 Å². The summed E-state index contributed by atoms with van der Waals surface area (Å²) in [5.41, 5.74) is 0. The zero-order valence-electron chi connectivity index (χ0n) is 10.00. The fourth-order valence-corrected chi connectivity index (χ4v) is 0.818. The normalized spacial score (nSPS) is 14.4. The second-order valence-corrected chi connectivity index (χ2v) is 4.30. The van der Waals surface area contributed by atoms with E-state index in [1.807, 2.05) is 0 Å². The monoisotopic (exact) mass is 230 g/mol. The van der Waals surface area contributed by atoms with E-state index in [1.165, 1.54) is 18.6 Å². The van der Waals surface area contributed by atoms with E-state index in [2.05, 4.69) is 26.1 Å². The summed E-state index contributed by atoms with van der Waals surface area (Å²) in [6.07, 6.45) is 3.45. The number of nitrogens with zero attached hydrogens (tertiary/aromatic N) is 3. The third kappa shape index (κ3) is 7.95. The highest BCUT2D eigenvalue weighted by Gasteiger charge is 2.06. The summed E-state index contributed by atoms with van der Waals surface area (Å²) in [5.74, 6) is 0. The average Bonchev–Trinajstić information content (AvgIpc) is 2.18. The molecule has 1 aliphatic rings. The maximum atomic E-state index is 10.2. The van der Waals surface area contributed by atoms with Crippen LogP contribution in [0.15, 0.2) is 17.4 Å². The first-order chi connectivity index (χ1) is 7.37. The van der Waals surface area contributed by atoms with E-state index >= 15 is 0 Å². The lowest BCUT2D eigenvalue weighted by molar-refractivity contribution is -0.870. The number of likely N-dealkylation sites (N-methyl/N-ethyl adjacent to an activating group) is 1. The van der Waals surface area contributed by atoms with E-state index < -0.39 is 6.09 Å². The molecule has 0 saturated heterocycles. The fourth-order valence-electron chi connectivity index (χ4n) is 0.818. The fraction of sp³-hybridized carbons (Fsp3) is 0.600. The van der Waals surface area contributed by atoms with Crippen LogP contribution >= 0.6 is 0 Å². The van der Waals surface area contributed by atoms with Gasteiger partial charge in [0.25, 0.3) is 0 Å². The maximum absolute atomic E-state index is 10.2. The number of carboxylic acid groups (broad SMARTS) is 1. The van der Waals surface area contributed by atoms with Crippen LogP contribution in [0.25, 0.3) is 0 Å². The van der Waals surface area contributed by atoms with Crippen LogP contribution in [0, 0.1) is 0 Å². The largest absolute Gasteiger partial charge is 0.465 e. The van der Waals surface area contributed by atoms with Crippen LogP contribution in [0.1, 0.15) is 0 Å². The molecular formula is C10H20N3O3+. The Balaban J connectivity index is 0.000000293. The Morgan fingerprint density at radius 2 is 2.12 bits per heavy atom. The Hall–Kier alpha value is -1.40. The molecule has 0 saturated carbocycles. The summed E-state index contributed by atoms with van der Waals surface area (Å²) < 4.78 is 0.844. The van der Waals surface area contributed by atoms with Gasteiger partial charge in [-0.2, -0.15) is 0 Å². The van der Waals surface area contributed by atoms with Crippen molar-refractivity contribution >= 4 is 12.3 Å². The summed E-state index contributed by atoms with van der Waals surface area (Å²) in [5, 5.41) is 16.7. The predicted octanol–water partition coefficient (Wildman–Crippen LogP) is 0.207. The first-order valence-corrected chi connectivity index (χ1v) is 4.96. The quantitative estimate of drug-likeness (QED) is 0.666. The Morgan fingerprint density at radius 1 is 1.50 bits per heavy atom. The van der Waals surface area contributed by atoms with Gasteiger partial charge in [0.15, 0.2) is 0 Å². The maximum Gasteiger partial charge on any atom is 0.411 e. The van der Waals surface area contributed by atoms with Gasteiger partial charge in [-0.05, 0) is 0 Å². The average molecular weight is 230 g/mol. The zero-order chi connectivity index (χ0) is 12.6. The van der Waals surface area contributed by atoms with E-state index in [1.54, 1.807) is 0 Å². The van der Waals surface area contributed by atoms with Gasteiger partial charge in [-0.15, -0.1) is 0 Å². The highest BCUT2D eigenvalue weighted by atomic mass is 16.4. The molecule has 0 unspecified atom stereocenters. The minimum Gasteiger partial charge on any atom is -0.465 e. The number of carbonyl (C=O) groups is 1. The number of hydrogen-bond donors (Lipinski definition) is 2. The summed E-state index contributed by atoms with van der Waals surface area (Å²) in [6.45, 7) is 1.47. The van der Waals surface area contributed by atoms with Crippen LogP contribution in [0.3, 0.4) is 0 Å². The highest BCUT2D eigenvalue weighted by molar-refractivity contribution is 5.73. The first kappa shape index (κ1) is 14.6. The molecular weight excluding hydrogens is 210 g/mol. The molecule has 0 fully saturated rings. The van der Waals surface area contributed by atoms with Crippen molar-refractivity contribution in [3.63, 3.8) is 0 Å². The van der Waals surface area contributed by atoms with Crippen molar-refractivity contribution in [3.05, 3.63) is 12.4 Å². The minimum absolute atomic E-state index is 0.281. The topological polar surface area (TPSA) is 73.1 Å².